The van der Waals surface area contributed by atoms with E-state index < -0.39 is 0 Å². The van der Waals surface area contributed by atoms with Gasteiger partial charge < -0.3 is 25.0 Å². The van der Waals surface area contributed by atoms with Gasteiger partial charge in [-0.1, -0.05) is 0 Å². The summed E-state index contributed by atoms with van der Waals surface area (Å²) in [4.78, 5) is 14.5. The highest BCUT2D eigenvalue weighted by Gasteiger charge is 2.39. The number of nitrogens with one attached hydrogen (secondary N) is 2. The van der Waals surface area contributed by atoms with Crippen LogP contribution in [0.1, 0.15) is 24.8 Å². The number of nitrogens with zero attached hydrogens (tertiary/aromatic N) is 1. The Morgan fingerprint density at radius 2 is 2.21 bits per heavy atom. The van der Waals surface area contributed by atoms with Crippen LogP contribution in [0.4, 0.5) is 4.79 Å². The molecule has 1 aromatic carbocycles. The second-order valence-corrected chi connectivity index (χ2v) is 6.79. The van der Waals surface area contributed by atoms with E-state index in [1.807, 2.05) is 23.1 Å². The minimum absolute atomic E-state index is 0.00541. The van der Waals surface area contributed by atoms with Crippen LogP contribution in [0.25, 0.3) is 0 Å². The third-order valence-electron chi connectivity index (χ3n) is 5.20. The van der Waals surface area contributed by atoms with E-state index in [4.69, 9.17) is 9.47 Å². The number of carbonyl (C=O) groups excluding carboxylic acids is 1. The summed E-state index contributed by atoms with van der Waals surface area (Å²) in [5, 5.41) is 6.47. The Labute approximate surface area is 143 Å². The van der Waals surface area contributed by atoms with E-state index in [1.165, 1.54) is 12.8 Å². The molecule has 132 valence electrons. The summed E-state index contributed by atoms with van der Waals surface area (Å²) in [6.45, 7) is 4.21. The number of hydrogen-bond donors (Lipinski definition) is 2. The largest absolute Gasteiger partial charge is 0.497 e. The summed E-state index contributed by atoms with van der Waals surface area (Å²) >= 11 is 0. The zero-order valence-electron chi connectivity index (χ0n) is 14.6. The Hall–Kier alpha value is -1.95. The molecule has 0 aliphatic carbocycles. The number of carbonyl (C=O) groups is 1. The molecule has 2 saturated heterocycles. The normalized spacial score (nSPS) is 23.3. The van der Waals surface area contributed by atoms with Gasteiger partial charge in [0.2, 0.25) is 0 Å². The molecule has 1 unspecified atom stereocenters. The van der Waals surface area contributed by atoms with E-state index in [-0.39, 0.29) is 11.4 Å². The molecule has 2 aliphatic rings. The zero-order chi connectivity index (χ0) is 17.0. The number of likely N-dealkylation sites (tertiary alicyclic amines) is 1. The molecule has 24 heavy (non-hydrogen) atoms. The number of piperidine rings is 1. The van der Waals surface area contributed by atoms with E-state index in [0.29, 0.717) is 6.54 Å². The maximum absolute atomic E-state index is 12.6. The molecule has 6 heteroatoms. The maximum atomic E-state index is 12.6. The molecule has 0 aromatic heterocycles. The fourth-order valence-electron chi connectivity index (χ4n) is 3.83. The van der Waals surface area contributed by atoms with Crippen molar-refractivity contribution in [3.05, 3.63) is 23.8 Å². The second-order valence-electron chi connectivity index (χ2n) is 6.79. The summed E-state index contributed by atoms with van der Waals surface area (Å²) in [5.74, 6) is 1.51. The van der Waals surface area contributed by atoms with E-state index in [9.17, 15) is 4.79 Å². The van der Waals surface area contributed by atoms with E-state index >= 15 is 0 Å². The lowest BCUT2D eigenvalue weighted by Gasteiger charge is -2.39. The van der Waals surface area contributed by atoms with E-state index in [1.54, 1.807) is 14.2 Å². The molecule has 1 atom stereocenters. The second kappa shape index (κ2) is 7.30. The lowest BCUT2D eigenvalue weighted by Crippen LogP contribution is -2.50. The van der Waals surface area contributed by atoms with E-state index in [0.717, 1.165) is 49.7 Å². The molecule has 2 aliphatic heterocycles. The van der Waals surface area contributed by atoms with Crippen LogP contribution in [0.15, 0.2) is 18.2 Å². The fourth-order valence-corrected chi connectivity index (χ4v) is 3.83. The van der Waals surface area contributed by atoms with Gasteiger partial charge in [0, 0.05) is 37.2 Å². The summed E-state index contributed by atoms with van der Waals surface area (Å²) in [5.41, 5.74) is 1.20. The summed E-state index contributed by atoms with van der Waals surface area (Å²) in [6.07, 6.45) is 3.46. The highest BCUT2D eigenvalue weighted by Crippen LogP contribution is 2.35. The number of ether oxygens (including phenoxy) is 2. The van der Waals surface area contributed by atoms with Gasteiger partial charge in [-0.2, -0.15) is 0 Å². The van der Waals surface area contributed by atoms with E-state index in [2.05, 4.69) is 10.6 Å². The van der Waals surface area contributed by atoms with Crippen LogP contribution in [0, 0.1) is 5.41 Å². The Morgan fingerprint density at radius 1 is 1.33 bits per heavy atom. The van der Waals surface area contributed by atoms with Crippen LogP contribution in [-0.2, 0) is 6.54 Å². The highest BCUT2D eigenvalue weighted by molar-refractivity contribution is 5.74. The minimum atomic E-state index is 0.00541. The van der Waals surface area contributed by atoms with Crippen molar-refractivity contribution in [3.63, 3.8) is 0 Å². The predicted molar refractivity (Wildman–Crippen MR) is 92.5 cm³/mol. The van der Waals surface area contributed by atoms with Gasteiger partial charge in [-0.25, -0.2) is 4.79 Å². The van der Waals surface area contributed by atoms with Gasteiger partial charge in [0.15, 0.2) is 0 Å². The molecule has 2 heterocycles. The van der Waals surface area contributed by atoms with Gasteiger partial charge in [-0.05, 0) is 44.0 Å². The van der Waals surface area contributed by atoms with Crippen molar-refractivity contribution >= 4 is 6.03 Å². The molecule has 1 aromatic rings. The number of rotatable bonds is 4. The molecule has 0 saturated carbocycles. The summed E-state index contributed by atoms with van der Waals surface area (Å²) in [7, 11) is 3.27. The molecule has 3 rings (SSSR count). The molecule has 2 N–H and O–H groups in total. The standard InChI is InChI=1S/C18H27N3O3/c1-23-15-4-5-16(24-2)14(10-15)11-20-17(22)21-9-3-6-18(13-21)7-8-19-12-18/h4-5,10,19H,3,6-9,11-13H2,1-2H3,(H,20,22). The number of hydrogen-bond acceptors (Lipinski definition) is 4. The Balaban J connectivity index is 1.61. The van der Waals surface area contributed by atoms with Gasteiger partial charge in [0.25, 0.3) is 0 Å². The summed E-state index contributed by atoms with van der Waals surface area (Å²) in [6, 6.07) is 5.62. The van der Waals surface area contributed by atoms with Crippen LogP contribution in [0.5, 0.6) is 11.5 Å². The van der Waals surface area contributed by atoms with Gasteiger partial charge in [-0.15, -0.1) is 0 Å². The zero-order valence-corrected chi connectivity index (χ0v) is 14.6. The van der Waals surface area contributed by atoms with Crippen molar-refractivity contribution in [2.24, 2.45) is 5.41 Å². The molecule has 1 spiro atoms. The van der Waals surface area contributed by atoms with Crippen LogP contribution >= 0.6 is 0 Å². The Morgan fingerprint density at radius 3 is 2.92 bits per heavy atom. The van der Waals surface area contributed by atoms with Crippen molar-refractivity contribution in [2.75, 3.05) is 40.4 Å². The first-order chi connectivity index (χ1) is 11.7. The lowest BCUT2D eigenvalue weighted by molar-refractivity contribution is 0.118. The molecule has 0 bridgehead atoms. The van der Waals surface area contributed by atoms with Gasteiger partial charge in [-0.3, -0.25) is 0 Å². The monoisotopic (exact) mass is 333 g/mol. The van der Waals surface area contributed by atoms with Crippen LogP contribution in [-0.4, -0.2) is 51.3 Å². The van der Waals surface area contributed by atoms with Gasteiger partial charge in [0.1, 0.15) is 11.5 Å². The number of benzene rings is 1. The average Bonchev–Trinajstić information content (AvgIpc) is 3.06. The molecule has 2 amide bonds. The predicted octanol–water partition coefficient (Wildman–Crippen LogP) is 1.99. The average molecular weight is 333 g/mol. The Kier molecular flexibility index (Phi) is 5.14. The number of amides is 2. The molecular weight excluding hydrogens is 306 g/mol. The molecular formula is C18H27N3O3. The van der Waals surface area contributed by atoms with Gasteiger partial charge in [0.05, 0.1) is 14.2 Å². The quantitative estimate of drug-likeness (QED) is 0.884. The lowest BCUT2D eigenvalue weighted by atomic mass is 9.79. The first-order valence-electron chi connectivity index (χ1n) is 8.60. The number of methoxy groups -OCH3 is 2. The minimum Gasteiger partial charge on any atom is -0.497 e. The third-order valence-corrected chi connectivity index (χ3v) is 5.20. The van der Waals surface area contributed by atoms with Crippen molar-refractivity contribution in [3.8, 4) is 11.5 Å². The topological polar surface area (TPSA) is 62.8 Å². The molecule has 2 fully saturated rings. The number of urea groups is 1. The maximum Gasteiger partial charge on any atom is 0.317 e. The van der Waals surface area contributed by atoms with Crippen molar-refractivity contribution in [1.82, 2.24) is 15.5 Å². The SMILES string of the molecule is COc1ccc(OC)c(CNC(=O)N2CCCC3(CCNC3)C2)c1. The van der Waals surface area contributed by atoms with Crippen molar-refractivity contribution in [1.29, 1.82) is 0 Å². The van der Waals surface area contributed by atoms with Crippen LogP contribution in [0.3, 0.4) is 0 Å². The van der Waals surface area contributed by atoms with Crippen LogP contribution in [0.2, 0.25) is 0 Å². The first-order valence-corrected chi connectivity index (χ1v) is 8.60. The smallest absolute Gasteiger partial charge is 0.317 e. The van der Waals surface area contributed by atoms with Crippen molar-refractivity contribution in [2.45, 2.75) is 25.8 Å². The third kappa shape index (κ3) is 3.59. The Bertz CT molecular complexity index is 585. The van der Waals surface area contributed by atoms with Crippen molar-refractivity contribution < 1.29 is 14.3 Å². The summed E-state index contributed by atoms with van der Waals surface area (Å²) < 4.78 is 10.6. The highest BCUT2D eigenvalue weighted by atomic mass is 16.5. The van der Waals surface area contributed by atoms with Gasteiger partial charge >= 0.3 is 6.03 Å². The molecule has 0 radical (unpaired) electrons. The fraction of sp³-hybridized carbons (Fsp3) is 0.611. The van der Waals surface area contributed by atoms with Crippen LogP contribution < -0.4 is 20.1 Å². The molecule has 6 nitrogen and oxygen atoms in total. The first kappa shape index (κ1) is 16.9.